The van der Waals surface area contributed by atoms with Crippen LogP contribution in [-0.2, 0) is 9.53 Å². The van der Waals surface area contributed by atoms with E-state index in [1.54, 1.807) is 54.6 Å². The number of methoxy groups -OCH3 is 1. The first-order valence-corrected chi connectivity index (χ1v) is 8.06. The predicted octanol–water partition coefficient (Wildman–Crippen LogP) is 2.14. The molecule has 0 aliphatic rings. The van der Waals surface area contributed by atoms with Crippen LogP contribution in [0.1, 0.15) is 16.8 Å². The van der Waals surface area contributed by atoms with Gasteiger partial charge in [-0.1, -0.05) is 42.5 Å². The molecule has 1 aromatic heterocycles. The molecule has 1 heterocycles. The van der Waals surface area contributed by atoms with Gasteiger partial charge in [-0.25, -0.2) is 9.59 Å². The molecule has 3 rings (SSSR count). The van der Waals surface area contributed by atoms with E-state index >= 15 is 0 Å². The molecule has 0 fully saturated rings. The molecule has 136 valence electrons. The Bertz CT molecular complexity index is 1070. The Morgan fingerprint density at radius 2 is 1.81 bits per heavy atom. The minimum absolute atomic E-state index is 0.127. The molecular weight excluding hydrogens is 348 g/mol. The third-order valence-electron chi connectivity index (χ3n) is 3.78. The zero-order valence-electron chi connectivity index (χ0n) is 14.4. The molecule has 2 N–H and O–H groups in total. The zero-order valence-corrected chi connectivity index (χ0v) is 14.4. The Balaban J connectivity index is 1.90. The van der Waals surface area contributed by atoms with Crippen LogP contribution in [0, 0.1) is 0 Å². The summed E-state index contributed by atoms with van der Waals surface area (Å²) in [4.78, 5) is 42.5. The number of nitrogens with zero attached hydrogens (tertiary/aromatic N) is 2. The number of hydrazone groups is 1. The predicted molar refractivity (Wildman–Crippen MR) is 101 cm³/mol. The average Bonchev–Trinajstić information content (AvgIpc) is 2.70. The number of anilines is 1. The number of hydrogen-bond donors (Lipinski definition) is 2. The zero-order chi connectivity index (χ0) is 19.2. The highest BCUT2D eigenvalue weighted by Crippen LogP contribution is 2.17. The molecule has 0 radical (unpaired) electrons. The van der Waals surface area contributed by atoms with Crippen LogP contribution in [0.4, 0.5) is 5.82 Å². The second kappa shape index (κ2) is 8.05. The van der Waals surface area contributed by atoms with E-state index < -0.39 is 11.7 Å². The maximum Gasteiger partial charge on any atom is 0.354 e. The third kappa shape index (κ3) is 4.24. The van der Waals surface area contributed by atoms with Gasteiger partial charge in [0.05, 0.1) is 19.0 Å². The molecule has 0 amide bonds. The van der Waals surface area contributed by atoms with Crippen LogP contribution in [0.15, 0.2) is 64.5 Å². The normalized spacial score (nSPS) is 11.2. The van der Waals surface area contributed by atoms with Crippen molar-refractivity contribution >= 4 is 34.2 Å². The Kier molecular flexibility index (Phi) is 5.36. The number of para-hydroxylation sites is 1. The van der Waals surface area contributed by atoms with Crippen molar-refractivity contribution in [2.45, 2.75) is 6.42 Å². The van der Waals surface area contributed by atoms with Gasteiger partial charge in [0, 0.05) is 10.9 Å². The summed E-state index contributed by atoms with van der Waals surface area (Å²) in [6, 6.07) is 15.5. The molecule has 27 heavy (non-hydrogen) atoms. The number of Topliss-reactive ketones (excluding diaryl/α,β-unsaturated/α-hetero) is 1. The van der Waals surface area contributed by atoms with Crippen molar-refractivity contribution in [3.63, 3.8) is 0 Å². The average molecular weight is 364 g/mol. The van der Waals surface area contributed by atoms with Gasteiger partial charge in [0.15, 0.2) is 17.3 Å². The summed E-state index contributed by atoms with van der Waals surface area (Å²) in [7, 11) is 1.20. The summed E-state index contributed by atoms with van der Waals surface area (Å²) >= 11 is 0. The van der Waals surface area contributed by atoms with Crippen LogP contribution in [0.3, 0.4) is 0 Å². The van der Waals surface area contributed by atoms with Crippen molar-refractivity contribution in [1.82, 2.24) is 9.97 Å². The lowest BCUT2D eigenvalue weighted by Crippen LogP contribution is -2.22. The Morgan fingerprint density at radius 3 is 2.56 bits per heavy atom. The van der Waals surface area contributed by atoms with Crippen molar-refractivity contribution in [1.29, 1.82) is 0 Å². The number of carbonyl (C=O) groups excluding carboxylic acids is 2. The maximum absolute atomic E-state index is 12.4. The van der Waals surface area contributed by atoms with Gasteiger partial charge in [-0.3, -0.25) is 10.2 Å². The number of esters is 1. The Morgan fingerprint density at radius 1 is 1.11 bits per heavy atom. The number of aromatic amines is 1. The molecule has 8 nitrogen and oxygen atoms in total. The molecule has 0 aliphatic carbocycles. The molecule has 8 heteroatoms. The standard InChI is InChI=1S/C19H16N4O4/c1-27-18(25)15(11-16(24)12-7-3-2-4-8-12)22-23-17-13-9-5-6-10-14(13)20-19(26)21-17/h2-10H,11H2,1H3,(H2,20,21,23,26). The fourth-order valence-corrected chi connectivity index (χ4v) is 2.46. The first kappa shape index (κ1) is 18.0. The lowest BCUT2D eigenvalue weighted by atomic mass is 10.1. The van der Waals surface area contributed by atoms with E-state index in [0.29, 0.717) is 16.5 Å². The summed E-state index contributed by atoms with van der Waals surface area (Å²) < 4.78 is 4.70. The highest BCUT2D eigenvalue weighted by Gasteiger charge is 2.18. The SMILES string of the molecule is COC(=O)C(CC(=O)c1ccccc1)=NNc1nc(=O)[nH]c2ccccc12. The van der Waals surface area contributed by atoms with Crippen LogP contribution in [0.25, 0.3) is 10.9 Å². The molecule has 3 aromatic rings. The Labute approximate surface area is 153 Å². The van der Waals surface area contributed by atoms with Crippen LogP contribution in [-0.4, -0.2) is 34.5 Å². The molecule has 2 aromatic carbocycles. The van der Waals surface area contributed by atoms with Gasteiger partial charge in [-0.2, -0.15) is 10.1 Å². The van der Waals surface area contributed by atoms with Gasteiger partial charge in [0.25, 0.3) is 0 Å². The first-order chi connectivity index (χ1) is 13.1. The summed E-state index contributed by atoms with van der Waals surface area (Å²) in [5.41, 5.74) is 2.93. The van der Waals surface area contributed by atoms with Crippen molar-refractivity contribution in [3.8, 4) is 0 Å². The number of benzene rings is 2. The van der Waals surface area contributed by atoms with Crippen LogP contribution in [0.2, 0.25) is 0 Å². The number of nitrogens with one attached hydrogen (secondary N) is 2. The third-order valence-corrected chi connectivity index (χ3v) is 3.78. The topological polar surface area (TPSA) is 114 Å². The van der Waals surface area contributed by atoms with Gasteiger partial charge in [-0.05, 0) is 12.1 Å². The van der Waals surface area contributed by atoms with E-state index in [2.05, 4.69) is 20.5 Å². The van der Waals surface area contributed by atoms with Crippen LogP contribution < -0.4 is 11.1 Å². The number of rotatable bonds is 6. The second-order valence-corrected chi connectivity index (χ2v) is 5.56. The molecule has 0 aliphatic heterocycles. The molecule has 0 saturated carbocycles. The van der Waals surface area contributed by atoms with E-state index in [1.165, 1.54) is 7.11 Å². The van der Waals surface area contributed by atoms with E-state index in [0.717, 1.165) is 0 Å². The summed E-state index contributed by atoms with van der Waals surface area (Å²) in [6.45, 7) is 0. The van der Waals surface area contributed by atoms with Crippen molar-refractivity contribution in [2.75, 3.05) is 12.5 Å². The highest BCUT2D eigenvalue weighted by molar-refractivity contribution is 6.40. The maximum atomic E-state index is 12.4. The van der Waals surface area contributed by atoms with Crippen LogP contribution in [0.5, 0.6) is 0 Å². The number of ether oxygens (including phenoxy) is 1. The van der Waals surface area contributed by atoms with Gasteiger partial charge < -0.3 is 9.72 Å². The van der Waals surface area contributed by atoms with Crippen molar-refractivity contribution in [3.05, 3.63) is 70.6 Å². The largest absolute Gasteiger partial charge is 0.464 e. The smallest absolute Gasteiger partial charge is 0.354 e. The molecule has 0 saturated heterocycles. The number of fused-ring (bicyclic) bond motifs is 1. The van der Waals surface area contributed by atoms with Gasteiger partial charge in [0.2, 0.25) is 0 Å². The first-order valence-electron chi connectivity index (χ1n) is 8.06. The number of carbonyl (C=O) groups is 2. The van der Waals surface area contributed by atoms with Gasteiger partial charge in [0.1, 0.15) is 0 Å². The van der Waals surface area contributed by atoms with E-state index in [-0.39, 0.29) is 23.7 Å². The van der Waals surface area contributed by atoms with E-state index in [9.17, 15) is 14.4 Å². The Hall–Kier alpha value is -3.81. The fourth-order valence-electron chi connectivity index (χ4n) is 2.46. The molecule has 0 unspecified atom stereocenters. The number of hydrogen-bond acceptors (Lipinski definition) is 7. The van der Waals surface area contributed by atoms with Crippen molar-refractivity contribution in [2.24, 2.45) is 5.10 Å². The number of ketones is 1. The molecule has 0 atom stereocenters. The minimum atomic E-state index is -0.749. The number of H-pyrrole nitrogens is 1. The molecule has 0 spiro atoms. The highest BCUT2D eigenvalue weighted by atomic mass is 16.5. The van der Waals surface area contributed by atoms with E-state index in [1.807, 2.05) is 0 Å². The monoisotopic (exact) mass is 364 g/mol. The molecule has 0 bridgehead atoms. The summed E-state index contributed by atoms with van der Waals surface area (Å²) in [6.07, 6.45) is -0.259. The number of aromatic nitrogens is 2. The second-order valence-electron chi connectivity index (χ2n) is 5.56. The minimum Gasteiger partial charge on any atom is -0.464 e. The molecular formula is C19H16N4O4. The quantitative estimate of drug-likeness (QED) is 0.300. The van der Waals surface area contributed by atoms with E-state index in [4.69, 9.17) is 4.74 Å². The summed E-state index contributed by atoms with van der Waals surface area (Å²) in [5.74, 6) is -0.867. The van der Waals surface area contributed by atoms with Crippen molar-refractivity contribution < 1.29 is 14.3 Å². The van der Waals surface area contributed by atoms with Gasteiger partial charge in [-0.15, -0.1) is 0 Å². The fraction of sp³-hybridized carbons (Fsp3) is 0.105. The lowest BCUT2D eigenvalue weighted by molar-refractivity contribution is -0.132. The lowest BCUT2D eigenvalue weighted by Gasteiger charge is -2.07. The summed E-state index contributed by atoms with van der Waals surface area (Å²) in [5, 5.41) is 4.59. The van der Waals surface area contributed by atoms with Gasteiger partial charge >= 0.3 is 11.7 Å². The van der Waals surface area contributed by atoms with Crippen LogP contribution >= 0.6 is 0 Å².